The van der Waals surface area contributed by atoms with Crippen molar-refractivity contribution in [3.63, 3.8) is 0 Å². The third-order valence-electron chi connectivity index (χ3n) is 2.83. The number of hydrogen-bond donors (Lipinski definition) is 1. The lowest BCUT2D eigenvalue weighted by molar-refractivity contribution is 0.0977. The van der Waals surface area contributed by atoms with Gasteiger partial charge in [-0.1, -0.05) is 42.1 Å². The van der Waals surface area contributed by atoms with E-state index >= 15 is 0 Å². The van der Waals surface area contributed by atoms with E-state index in [9.17, 15) is 9.59 Å². The topological polar surface area (TPSA) is 58.5 Å². The molecule has 0 fully saturated rings. The summed E-state index contributed by atoms with van der Waals surface area (Å²) in [5.41, 5.74) is 0.561. The van der Waals surface area contributed by atoms with E-state index < -0.39 is 0 Å². The van der Waals surface area contributed by atoms with E-state index in [0.717, 1.165) is 22.5 Å². The molecule has 5 heteroatoms. The number of carbonyl (C=O) groups is 2. The summed E-state index contributed by atoms with van der Waals surface area (Å²) < 4.78 is 0. The molecule has 3 rings (SSSR count). The zero-order valence-electron chi connectivity index (χ0n) is 9.92. The Morgan fingerprint density at radius 1 is 1.16 bits per heavy atom. The largest absolute Gasteiger partial charge is 0.309 e. The van der Waals surface area contributed by atoms with Crippen LogP contribution in [-0.2, 0) is 0 Å². The summed E-state index contributed by atoms with van der Waals surface area (Å²) in [7, 11) is 0. The normalized spacial score (nSPS) is 14.5. The smallest absolute Gasteiger partial charge is 0.306 e. The van der Waals surface area contributed by atoms with Crippen molar-refractivity contribution in [1.29, 1.82) is 0 Å². The molecule has 0 atom stereocenters. The highest BCUT2D eigenvalue weighted by Crippen LogP contribution is 2.16. The maximum atomic E-state index is 12.0. The first kappa shape index (κ1) is 11.9. The van der Waals surface area contributed by atoms with Gasteiger partial charge in [-0.2, -0.15) is 4.99 Å². The zero-order valence-corrected chi connectivity index (χ0v) is 10.7. The highest BCUT2D eigenvalue weighted by molar-refractivity contribution is 8.14. The second kappa shape index (κ2) is 4.85. The molecule has 94 valence electrons. The van der Waals surface area contributed by atoms with Gasteiger partial charge in [0.15, 0.2) is 0 Å². The molecule has 4 nitrogen and oxygen atoms in total. The Balaban J connectivity index is 1.85. The van der Waals surface area contributed by atoms with Crippen molar-refractivity contribution in [3.8, 4) is 0 Å². The van der Waals surface area contributed by atoms with Crippen molar-refractivity contribution in [1.82, 2.24) is 5.32 Å². The van der Waals surface area contributed by atoms with E-state index in [-0.39, 0.29) is 11.1 Å². The number of nitrogens with one attached hydrogen (secondary N) is 1. The quantitative estimate of drug-likeness (QED) is 0.866. The molecule has 0 bridgehead atoms. The van der Waals surface area contributed by atoms with Crippen molar-refractivity contribution >= 4 is 39.5 Å². The maximum absolute atomic E-state index is 12.0. The molecule has 0 saturated carbocycles. The van der Waals surface area contributed by atoms with Gasteiger partial charge in [-0.05, 0) is 22.9 Å². The molecule has 0 radical (unpaired) electrons. The molecular weight excluding hydrogens is 260 g/mol. The van der Waals surface area contributed by atoms with E-state index in [0.29, 0.717) is 17.2 Å². The van der Waals surface area contributed by atoms with Crippen LogP contribution >= 0.6 is 11.8 Å². The van der Waals surface area contributed by atoms with Crippen LogP contribution in [0, 0.1) is 0 Å². The van der Waals surface area contributed by atoms with Gasteiger partial charge in [0, 0.05) is 5.56 Å². The molecule has 1 N–H and O–H groups in total. The zero-order chi connectivity index (χ0) is 13.2. The number of benzene rings is 2. The molecule has 19 heavy (non-hydrogen) atoms. The number of nitrogens with zero attached hydrogens (tertiary/aromatic N) is 1. The molecule has 0 aromatic heterocycles. The van der Waals surface area contributed by atoms with E-state index in [1.54, 1.807) is 6.07 Å². The van der Waals surface area contributed by atoms with Crippen molar-refractivity contribution in [2.24, 2.45) is 4.99 Å². The van der Waals surface area contributed by atoms with Gasteiger partial charge in [0.2, 0.25) is 0 Å². The molecule has 0 aliphatic carbocycles. The maximum Gasteiger partial charge on any atom is 0.306 e. The van der Waals surface area contributed by atoms with Crippen LogP contribution in [-0.4, -0.2) is 22.7 Å². The van der Waals surface area contributed by atoms with E-state index in [4.69, 9.17) is 0 Å². The summed E-state index contributed by atoms with van der Waals surface area (Å²) in [4.78, 5) is 26.7. The first-order valence-electron chi connectivity index (χ1n) is 5.77. The molecule has 0 unspecified atom stereocenters. The van der Waals surface area contributed by atoms with Crippen LogP contribution in [0.15, 0.2) is 47.5 Å². The first-order chi connectivity index (χ1) is 9.22. The van der Waals surface area contributed by atoms with Crippen molar-refractivity contribution in [3.05, 3.63) is 48.0 Å². The van der Waals surface area contributed by atoms with Crippen LogP contribution in [0.3, 0.4) is 0 Å². The van der Waals surface area contributed by atoms with Crippen molar-refractivity contribution in [2.75, 3.05) is 5.75 Å². The van der Waals surface area contributed by atoms with Gasteiger partial charge in [-0.3, -0.25) is 9.59 Å². The number of amides is 2. The van der Waals surface area contributed by atoms with E-state index in [2.05, 4.69) is 10.3 Å². The highest BCUT2D eigenvalue weighted by atomic mass is 32.2. The predicted octanol–water partition coefficient (Wildman–Crippen LogP) is 2.83. The van der Waals surface area contributed by atoms with Gasteiger partial charge in [0.1, 0.15) is 5.84 Å². The van der Waals surface area contributed by atoms with Crippen LogP contribution in [0.1, 0.15) is 10.4 Å². The molecule has 0 spiro atoms. The summed E-state index contributed by atoms with van der Waals surface area (Å²) in [6, 6.07) is 13.3. The standard InChI is InChI=1S/C14H10N2O2S/c17-13(15-12-8-19-14(18)16-12)11-6-5-9-3-1-2-4-10(9)7-11/h1-7H,8H2,(H,15,16,17,18). The Morgan fingerprint density at radius 2 is 1.95 bits per heavy atom. The molecular formula is C14H10N2O2S. The highest BCUT2D eigenvalue weighted by Gasteiger charge is 2.17. The number of amidine groups is 1. The van der Waals surface area contributed by atoms with Crippen LogP contribution in [0.25, 0.3) is 10.8 Å². The average molecular weight is 270 g/mol. The monoisotopic (exact) mass is 270 g/mol. The van der Waals surface area contributed by atoms with E-state index in [1.165, 1.54) is 0 Å². The summed E-state index contributed by atoms with van der Waals surface area (Å²) in [5, 5.41) is 4.50. The summed E-state index contributed by atoms with van der Waals surface area (Å²) in [5.74, 6) is 0.617. The van der Waals surface area contributed by atoms with Crippen molar-refractivity contribution in [2.45, 2.75) is 0 Å². The van der Waals surface area contributed by atoms with Crippen LogP contribution in [0.2, 0.25) is 0 Å². The summed E-state index contributed by atoms with van der Waals surface area (Å²) in [6.07, 6.45) is 0. The van der Waals surface area contributed by atoms with Crippen molar-refractivity contribution < 1.29 is 9.59 Å². The Labute approximate surface area is 113 Å². The van der Waals surface area contributed by atoms with Crippen LogP contribution in [0.4, 0.5) is 4.79 Å². The fraction of sp³-hybridized carbons (Fsp3) is 0.0714. The molecule has 2 aromatic carbocycles. The van der Waals surface area contributed by atoms with Gasteiger partial charge >= 0.3 is 5.24 Å². The number of thioether (sulfide) groups is 1. The van der Waals surface area contributed by atoms with Gasteiger partial charge in [0.25, 0.3) is 5.91 Å². The van der Waals surface area contributed by atoms with Gasteiger partial charge < -0.3 is 5.32 Å². The minimum absolute atomic E-state index is 0.236. The number of rotatable bonds is 1. The Morgan fingerprint density at radius 3 is 2.68 bits per heavy atom. The Kier molecular flexibility index (Phi) is 3.05. The lowest BCUT2D eigenvalue weighted by Crippen LogP contribution is -2.30. The molecule has 1 aliphatic rings. The number of carbonyl (C=O) groups excluding carboxylic acids is 2. The molecule has 2 amide bonds. The fourth-order valence-corrected chi connectivity index (χ4v) is 2.47. The third kappa shape index (κ3) is 2.51. The average Bonchev–Trinajstić information content (AvgIpc) is 2.83. The second-order valence-corrected chi connectivity index (χ2v) is 5.06. The number of aliphatic imine (C=N–C) groups is 1. The lowest BCUT2D eigenvalue weighted by Gasteiger charge is -2.05. The molecule has 1 heterocycles. The number of fused-ring (bicyclic) bond motifs is 1. The van der Waals surface area contributed by atoms with Crippen LogP contribution in [0.5, 0.6) is 0 Å². The molecule has 2 aromatic rings. The minimum Gasteiger partial charge on any atom is -0.309 e. The first-order valence-corrected chi connectivity index (χ1v) is 6.75. The SMILES string of the molecule is O=C1N=C(NC(=O)c2ccc3ccccc3c2)CS1. The molecule has 0 saturated heterocycles. The number of hydrogen-bond acceptors (Lipinski definition) is 3. The van der Waals surface area contributed by atoms with Gasteiger partial charge in [-0.25, -0.2) is 0 Å². The summed E-state index contributed by atoms with van der Waals surface area (Å²) in [6.45, 7) is 0. The lowest BCUT2D eigenvalue weighted by atomic mass is 10.1. The predicted molar refractivity (Wildman–Crippen MR) is 76.7 cm³/mol. The second-order valence-electron chi connectivity index (χ2n) is 4.13. The fourth-order valence-electron chi connectivity index (χ4n) is 1.90. The Hall–Kier alpha value is -2.14. The Bertz CT molecular complexity index is 709. The van der Waals surface area contributed by atoms with E-state index in [1.807, 2.05) is 36.4 Å². The van der Waals surface area contributed by atoms with Crippen LogP contribution < -0.4 is 5.32 Å². The third-order valence-corrected chi connectivity index (χ3v) is 3.58. The van der Waals surface area contributed by atoms with Gasteiger partial charge in [0.05, 0.1) is 5.75 Å². The molecule has 1 aliphatic heterocycles. The minimum atomic E-state index is -0.256. The van der Waals surface area contributed by atoms with Gasteiger partial charge in [-0.15, -0.1) is 0 Å². The summed E-state index contributed by atoms with van der Waals surface area (Å²) >= 11 is 1.09.